The molecular formula is C21H29N3O5. The number of benzene rings is 1. The number of carbonyl (C=O) groups is 3. The van der Waals surface area contributed by atoms with Crippen molar-refractivity contribution < 1.29 is 24.2 Å². The molecule has 0 aromatic heterocycles. The Morgan fingerprint density at radius 2 is 1.90 bits per heavy atom. The molecule has 29 heavy (non-hydrogen) atoms. The van der Waals surface area contributed by atoms with Gasteiger partial charge >= 0.3 is 6.03 Å². The lowest BCUT2D eigenvalue weighted by molar-refractivity contribution is -0.135. The van der Waals surface area contributed by atoms with Crippen molar-refractivity contribution in [3.63, 3.8) is 0 Å². The van der Waals surface area contributed by atoms with Gasteiger partial charge in [-0.3, -0.25) is 14.5 Å². The third-order valence-corrected chi connectivity index (χ3v) is 5.80. The minimum Gasteiger partial charge on any atom is -0.507 e. The summed E-state index contributed by atoms with van der Waals surface area (Å²) in [6, 6.07) is 4.33. The summed E-state index contributed by atoms with van der Waals surface area (Å²) in [5.74, 6) is 0.108. The van der Waals surface area contributed by atoms with Crippen LogP contribution < -0.4 is 4.74 Å². The third kappa shape index (κ3) is 3.52. The summed E-state index contributed by atoms with van der Waals surface area (Å²) in [4.78, 5) is 43.4. The number of hydrogen-bond donors (Lipinski definition) is 1. The molecule has 1 aromatic carbocycles. The number of likely N-dealkylation sites (tertiary alicyclic amines) is 1. The first-order valence-electron chi connectivity index (χ1n) is 10.0. The summed E-state index contributed by atoms with van der Waals surface area (Å²) in [7, 11) is 1.49. The highest BCUT2D eigenvalue weighted by Gasteiger charge is 2.57. The van der Waals surface area contributed by atoms with E-state index in [2.05, 4.69) is 0 Å². The van der Waals surface area contributed by atoms with E-state index >= 15 is 0 Å². The van der Waals surface area contributed by atoms with Crippen LogP contribution in [0.2, 0.25) is 0 Å². The first kappa shape index (κ1) is 21.0. The molecule has 3 rings (SSSR count). The Labute approximate surface area is 171 Å². The zero-order chi connectivity index (χ0) is 21.3. The van der Waals surface area contributed by atoms with Crippen molar-refractivity contribution in [1.82, 2.24) is 14.7 Å². The van der Waals surface area contributed by atoms with Gasteiger partial charge < -0.3 is 19.6 Å². The van der Waals surface area contributed by atoms with E-state index in [0.717, 1.165) is 0 Å². The number of amides is 4. The number of aromatic hydroxyl groups is 1. The second kappa shape index (κ2) is 7.93. The summed E-state index contributed by atoms with van der Waals surface area (Å²) in [6.07, 6.45) is 0.785. The number of methoxy groups -OCH3 is 1. The number of imide groups is 1. The average Bonchev–Trinajstić information content (AvgIpc) is 2.88. The Morgan fingerprint density at radius 3 is 2.41 bits per heavy atom. The van der Waals surface area contributed by atoms with E-state index < -0.39 is 5.54 Å². The Balaban J connectivity index is 1.79. The fourth-order valence-electron chi connectivity index (χ4n) is 4.23. The van der Waals surface area contributed by atoms with Crippen molar-refractivity contribution in [1.29, 1.82) is 0 Å². The highest BCUT2D eigenvalue weighted by atomic mass is 16.5. The second-order valence-corrected chi connectivity index (χ2v) is 8.04. The molecule has 8 heteroatoms. The Hall–Kier alpha value is -2.77. The van der Waals surface area contributed by atoms with Crippen LogP contribution in [0.4, 0.5) is 4.79 Å². The van der Waals surface area contributed by atoms with Gasteiger partial charge in [0.25, 0.3) is 11.8 Å². The average molecular weight is 403 g/mol. The van der Waals surface area contributed by atoms with Crippen molar-refractivity contribution >= 4 is 17.8 Å². The molecule has 0 atom stereocenters. The van der Waals surface area contributed by atoms with Crippen LogP contribution in [0, 0.1) is 5.92 Å². The lowest BCUT2D eigenvalue weighted by atomic mass is 9.85. The maximum absolute atomic E-state index is 13.1. The molecule has 1 spiro atoms. The van der Waals surface area contributed by atoms with Gasteiger partial charge in [0.1, 0.15) is 17.0 Å². The Morgan fingerprint density at radius 1 is 1.24 bits per heavy atom. The summed E-state index contributed by atoms with van der Waals surface area (Å²) >= 11 is 0. The van der Waals surface area contributed by atoms with Crippen molar-refractivity contribution in [3.8, 4) is 11.5 Å². The molecule has 4 amide bonds. The lowest BCUT2D eigenvalue weighted by Gasteiger charge is -2.42. The van der Waals surface area contributed by atoms with Crippen LogP contribution in [0.3, 0.4) is 0 Å². The first-order valence-corrected chi connectivity index (χ1v) is 10.0. The van der Waals surface area contributed by atoms with Crippen LogP contribution in [0.1, 0.15) is 44.0 Å². The lowest BCUT2D eigenvalue weighted by Crippen LogP contribution is -2.58. The maximum atomic E-state index is 13.1. The topological polar surface area (TPSA) is 90.4 Å². The van der Waals surface area contributed by atoms with E-state index in [-0.39, 0.29) is 35.1 Å². The number of urea groups is 1. The number of rotatable bonds is 5. The standard InChI is InChI=1S/C21H29N3O5/c1-5-23-19(27)21(24(20(23)28)13-14(2)3)8-10-22(11-9-21)18(26)16-7-6-15(29-4)12-17(16)25/h6-7,12,14,25H,5,8-11,13H2,1-4H3. The zero-order valence-corrected chi connectivity index (χ0v) is 17.5. The quantitative estimate of drug-likeness (QED) is 0.762. The molecule has 2 heterocycles. The zero-order valence-electron chi connectivity index (χ0n) is 17.5. The van der Waals surface area contributed by atoms with Gasteiger partial charge in [-0.2, -0.15) is 0 Å². The smallest absolute Gasteiger partial charge is 0.327 e. The van der Waals surface area contributed by atoms with Crippen molar-refractivity contribution in [2.75, 3.05) is 33.3 Å². The molecule has 0 aliphatic carbocycles. The predicted molar refractivity (Wildman–Crippen MR) is 107 cm³/mol. The number of phenolic OH excluding ortho intramolecular Hbond substituents is 1. The Bertz CT molecular complexity index is 815. The van der Waals surface area contributed by atoms with Crippen LogP contribution in [0.25, 0.3) is 0 Å². The fraction of sp³-hybridized carbons (Fsp3) is 0.571. The second-order valence-electron chi connectivity index (χ2n) is 8.04. The number of likely N-dealkylation sites (N-methyl/N-ethyl adjacent to an activating group) is 1. The molecule has 2 fully saturated rings. The van der Waals surface area contributed by atoms with Crippen molar-refractivity contribution in [2.45, 2.75) is 39.2 Å². The molecule has 2 saturated heterocycles. The molecule has 0 bridgehead atoms. The molecule has 0 radical (unpaired) electrons. The normalized spacial score (nSPS) is 18.9. The van der Waals surface area contributed by atoms with Gasteiger partial charge in [0, 0.05) is 32.2 Å². The van der Waals surface area contributed by atoms with Crippen LogP contribution in [-0.4, -0.2) is 76.5 Å². The molecule has 1 N–H and O–H groups in total. The number of phenols is 1. The SMILES string of the molecule is CCN1C(=O)N(CC(C)C)C2(CCN(C(=O)c3ccc(OC)cc3O)CC2)C1=O. The van der Waals surface area contributed by atoms with Gasteiger partial charge in [0.05, 0.1) is 12.7 Å². The monoisotopic (exact) mass is 403 g/mol. The van der Waals surface area contributed by atoms with Gasteiger partial charge in [-0.15, -0.1) is 0 Å². The highest BCUT2D eigenvalue weighted by molar-refractivity contribution is 6.07. The minimum absolute atomic E-state index is 0.139. The van der Waals surface area contributed by atoms with E-state index in [1.54, 1.807) is 22.8 Å². The number of piperidine rings is 1. The highest BCUT2D eigenvalue weighted by Crippen LogP contribution is 2.38. The van der Waals surface area contributed by atoms with E-state index in [0.29, 0.717) is 44.8 Å². The molecular weight excluding hydrogens is 374 g/mol. The molecule has 158 valence electrons. The number of hydrogen-bond acceptors (Lipinski definition) is 5. The number of carbonyl (C=O) groups excluding carboxylic acids is 3. The van der Waals surface area contributed by atoms with Crippen molar-refractivity contribution in [2.24, 2.45) is 5.92 Å². The van der Waals surface area contributed by atoms with E-state index in [1.165, 1.54) is 24.1 Å². The first-order chi connectivity index (χ1) is 13.7. The summed E-state index contributed by atoms with van der Waals surface area (Å²) in [5, 5.41) is 10.2. The summed E-state index contributed by atoms with van der Waals surface area (Å²) in [5.41, 5.74) is -0.680. The van der Waals surface area contributed by atoms with Gasteiger partial charge in [0.15, 0.2) is 0 Å². The van der Waals surface area contributed by atoms with Crippen LogP contribution in [0.5, 0.6) is 11.5 Å². The Kier molecular flexibility index (Phi) is 5.73. The van der Waals surface area contributed by atoms with Crippen LogP contribution in [0.15, 0.2) is 18.2 Å². The van der Waals surface area contributed by atoms with Crippen LogP contribution in [-0.2, 0) is 4.79 Å². The minimum atomic E-state index is -0.879. The number of ether oxygens (including phenoxy) is 1. The van der Waals surface area contributed by atoms with Crippen LogP contribution >= 0.6 is 0 Å². The largest absolute Gasteiger partial charge is 0.507 e. The predicted octanol–water partition coefficient (Wildman–Crippen LogP) is 2.32. The summed E-state index contributed by atoms with van der Waals surface area (Å²) < 4.78 is 5.06. The van der Waals surface area contributed by atoms with Gasteiger partial charge in [0.2, 0.25) is 0 Å². The molecule has 0 unspecified atom stereocenters. The fourth-order valence-corrected chi connectivity index (χ4v) is 4.23. The molecule has 1 aromatic rings. The third-order valence-electron chi connectivity index (χ3n) is 5.80. The molecule has 2 aliphatic heterocycles. The maximum Gasteiger partial charge on any atom is 0.327 e. The molecule has 2 aliphatic rings. The van der Waals surface area contributed by atoms with Gasteiger partial charge in [-0.05, 0) is 37.8 Å². The van der Waals surface area contributed by atoms with Gasteiger partial charge in [-0.25, -0.2) is 4.79 Å². The molecule has 0 saturated carbocycles. The van der Waals surface area contributed by atoms with Crippen molar-refractivity contribution in [3.05, 3.63) is 23.8 Å². The number of nitrogens with zero attached hydrogens (tertiary/aromatic N) is 3. The summed E-state index contributed by atoms with van der Waals surface area (Å²) in [6.45, 7) is 7.37. The van der Waals surface area contributed by atoms with Gasteiger partial charge in [-0.1, -0.05) is 13.8 Å². The molecule has 8 nitrogen and oxygen atoms in total. The van der Waals surface area contributed by atoms with E-state index in [4.69, 9.17) is 4.74 Å². The van der Waals surface area contributed by atoms with E-state index in [1.807, 2.05) is 13.8 Å². The van der Waals surface area contributed by atoms with E-state index in [9.17, 15) is 19.5 Å².